The first kappa shape index (κ1) is 15.5. The van der Waals surface area contributed by atoms with Gasteiger partial charge >= 0.3 is 0 Å². The molecule has 0 aliphatic carbocycles. The third-order valence-corrected chi connectivity index (χ3v) is 3.63. The first-order valence-electron chi connectivity index (χ1n) is 7.77. The molecule has 0 atom stereocenters. The average Bonchev–Trinajstić information content (AvgIpc) is 3.24. The van der Waals surface area contributed by atoms with Gasteiger partial charge in [-0.15, -0.1) is 0 Å². The predicted octanol–water partition coefficient (Wildman–Crippen LogP) is 2.39. The molecule has 0 aliphatic rings. The van der Waals surface area contributed by atoms with Gasteiger partial charge in [-0.1, -0.05) is 5.16 Å². The van der Waals surface area contributed by atoms with Gasteiger partial charge in [0.2, 0.25) is 0 Å². The van der Waals surface area contributed by atoms with E-state index in [1.807, 2.05) is 12.3 Å². The van der Waals surface area contributed by atoms with E-state index < -0.39 is 0 Å². The van der Waals surface area contributed by atoms with Crippen molar-refractivity contribution in [1.29, 1.82) is 0 Å². The molecule has 3 aromatic rings. The van der Waals surface area contributed by atoms with Crippen LogP contribution in [0.25, 0.3) is 22.0 Å². The van der Waals surface area contributed by atoms with Crippen LogP contribution in [0.4, 0.5) is 5.69 Å². The number of ether oxygens (including phenoxy) is 1. The zero-order chi connectivity index (χ0) is 15.9. The Bertz CT molecular complexity index is 723. The number of benzene rings is 1. The maximum absolute atomic E-state index is 5.59. The third-order valence-electron chi connectivity index (χ3n) is 3.63. The van der Waals surface area contributed by atoms with Crippen LogP contribution < -0.4 is 11.1 Å². The Morgan fingerprint density at radius 3 is 2.96 bits per heavy atom. The van der Waals surface area contributed by atoms with Gasteiger partial charge in [0.25, 0.3) is 0 Å². The molecule has 0 spiro atoms. The molecular formula is C16H21N5O2. The molecule has 0 amide bonds. The van der Waals surface area contributed by atoms with E-state index in [0.717, 1.165) is 60.3 Å². The topological polar surface area (TPSA) is 102 Å². The Morgan fingerprint density at radius 2 is 2.13 bits per heavy atom. The highest BCUT2D eigenvalue weighted by Crippen LogP contribution is 2.29. The van der Waals surface area contributed by atoms with E-state index in [9.17, 15) is 0 Å². The minimum absolute atomic E-state index is 0.654. The Kier molecular flexibility index (Phi) is 5.23. The minimum atomic E-state index is 0.654. The third kappa shape index (κ3) is 3.88. The van der Waals surface area contributed by atoms with Crippen LogP contribution in [0.5, 0.6) is 0 Å². The fraction of sp³-hybridized carbons (Fsp3) is 0.375. The van der Waals surface area contributed by atoms with E-state index in [0.29, 0.717) is 6.61 Å². The van der Waals surface area contributed by atoms with Crippen molar-refractivity contribution in [2.24, 2.45) is 5.73 Å². The van der Waals surface area contributed by atoms with E-state index in [-0.39, 0.29) is 0 Å². The van der Waals surface area contributed by atoms with Crippen molar-refractivity contribution >= 4 is 16.6 Å². The molecular weight excluding hydrogens is 294 g/mol. The molecule has 0 fully saturated rings. The number of unbranched alkanes of at least 4 members (excludes halogenated alkanes) is 1. The molecule has 1 aromatic carbocycles. The number of H-pyrrole nitrogens is 1. The standard InChI is InChI=1S/C16H21N5O2/c17-3-1-2-5-22-6-4-18-15-7-12(13-9-20-23-11-13)8-16-14(15)10-19-21-16/h7-11,18H,1-6,17H2,(H,19,21). The van der Waals surface area contributed by atoms with Crippen molar-refractivity contribution < 1.29 is 9.26 Å². The van der Waals surface area contributed by atoms with Crippen molar-refractivity contribution in [3.63, 3.8) is 0 Å². The maximum atomic E-state index is 5.59. The summed E-state index contributed by atoms with van der Waals surface area (Å²) in [5, 5.41) is 15.3. The molecule has 2 aromatic heterocycles. The second-order valence-electron chi connectivity index (χ2n) is 5.30. The van der Waals surface area contributed by atoms with Gasteiger partial charge in [0.1, 0.15) is 6.26 Å². The summed E-state index contributed by atoms with van der Waals surface area (Å²) in [5.41, 5.74) is 9.39. The summed E-state index contributed by atoms with van der Waals surface area (Å²) in [6, 6.07) is 4.10. The molecule has 0 saturated carbocycles. The molecule has 23 heavy (non-hydrogen) atoms. The molecule has 7 heteroatoms. The van der Waals surface area contributed by atoms with Gasteiger partial charge < -0.3 is 20.3 Å². The molecule has 0 aliphatic heterocycles. The summed E-state index contributed by atoms with van der Waals surface area (Å²) < 4.78 is 10.5. The van der Waals surface area contributed by atoms with Gasteiger partial charge in [-0.2, -0.15) is 5.10 Å². The average molecular weight is 315 g/mol. The Hall–Kier alpha value is -2.38. The number of rotatable bonds is 9. The second kappa shape index (κ2) is 7.75. The Labute approximate surface area is 134 Å². The van der Waals surface area contributed by atoms with Crippen LogP contribution in [0.15, 0.2) is 35.3 Å². The summed E-state index contributed by atoms with van der Waals surface area (Å²) in [6.45, 7) is 2.86. The fourth-order valence-electron chi connectivity index (χ4n) is 2.42. The van der Waals surface area contributed by atoms with Gasteiger partial charge in [-0.3, -0.25) is 5.10 Å². The van der Waals surface area contributed by atoms with Crippen LogP contribution in [-0.2, 0) is 4.74 Å². The molecule has 2 heterocycles. The number of nitrogens with zero attached hydrogens (tertiary/aromatic N) is 2. The van der Waals surface area contributed by atoms with E-state index in [2.05, 4.69) is 26.7 Å². The zero-order valence-electron chi connectivity index (χ0n) is 12.9. The largest absolute Gasteiger partial charge is 0.382 e. The smallest absolute Gasteiger partial charge is 0.131 e. The Morgan fingerprint density at radius 1 is 1.17 bits per heavy atom. The minimum Gasteiger partial charge on any atom is -0.382 e. The quantitative estimate of drug-likeness (QED) is 0.524. The van der Waals surface area contributed by atoms with Gasteiger partial charge in [0, 0.05) is 29.8 Å². The van der Waals surface area contributed by atoms with E-state index in [1.54, 1.807) is 12.5 Å². The summed E-state index contributed by atoms with van der Waals surface area (Å²) in [5.74, 6) is 0. The monoisotopic (exact) mass is 315 g/mol. The summed E-state index contributed by atoms with van der Waals surface area (Å²) >= 11 is 0. The first-order valence-corrected chi connectivity index (χ1v) is 7.77. The van der Waals surface area contributed by atoms with E-state index in [1.165, 1.54) is 0 Å². The molecule has 4 N–H and O–H groups in total. The number of aromatic amines is 1. The van der Waals surface area contributed by atoms with Crippen LogP contribution in [0.3, 0.4) is 0 Å². The number of hydrogen-bond donors (Lipinski definition) is 3. The molecule has 0 radical (unpaired) electrons. The summed E-state index contributed by atoms with van der Waals surface area (Å²) in [6.07, 6.45) is 7.15. The number of hydrogen-bond acceptors (Lipinski definition) is 6. The SMILES string of the molecule is NCCCCOCCNc1cc(-c2cnoc2)cc2[nH]ncc12. The lowest BCUT2D eigenvalue weighted by Crippen LogP contribution is -2.11. The van der Waals surface area contributed by atoms with Crippen molar-refractivity contribution in [2.75, 3.05) is 31.6 Å². The number of nitrogens with two attached hydrogens (primary N) is 1. The molecule has 122 valence electrons. The highest BCUT2D eigenvalue weighted by molar-refractivity contribution is 5.95. The highest BCUT2D eigenvalue weighted by Gasteiger charge is 2.08. The molecule has 0 saturated heterocycles. The lowest BCUT2D eigenvalue weighted by molar-refractivity contribution is 0.140. The van der Waals surface area contributed by atoms with Gasteiger partial charge in [-0.25, -0.2) is 0 Å². The van der Waals surface area contributed by atoms with Crippen molar-refractivity contribution in [3.8, 4) is 11.1 Å². The molecule has 3 rings (SSSR count). The van der Waals surface area contributed by atoms with Crippen LogP contribution in [0.1, 0.15) is 12.8 Å². The van der Waals surface area contributed by atoms with Gasteiger partial charge in [0.15, 0.2) is 0 Å². The van der Waals surface area contributed by atoms with Gasteiger partial charge in [0.05, 0.1) is 24.5 Å². The second-order valence-corrected chi connectivity index (χ2v) is 5.30. The lowest BCUT2D eigenvalue weighted by Gasteiger charge is -2.10. The number of nitrogens with one attached hydrogen (secondary N) is 2. The van der Waals surface area contributed by atoms with E-state index >= 15 is 0 Å². The fourth-order valence-corrected chi connectivity index (χ4v) is 2.42. The normalized spacial score (nSPS) is 11.2. The Balaban J connectivity index is 1.64. The summed E-state index contributed by atoms with van der Waals surface area (Å²) in [4.78, 5) is 0. The number of anilines is 1. The predicted molar refractivity (Wildman–Crippen MR) is 89.2 cm³/mol. The maximum Gasteiger partial charge on any atom is 0.131 e. The van der Waals surface area contributed by atoms with Crippen LogP contribution in [0, 0.1) is 0 Å². The van der Waals surface area contributed by atoms with Crippen molar-refractivity contribution in [1.82, 2.24) is 15.4 Å². The number of fused-ring (bicyclic) bond motifs is 1. The van der Waals surface area contributed by atoms with Crippen molar-refractivity contribution in [3.05, 3.63) is 30.8 Å². The van der Waals surface area contributed by atoms with Crippen molar-refractivity contribution in [2.45, 2.75) is 12.8 Å². The molecule has 7 nitrogen and oxygen atoms in total. The van der Waals surface area contributed by atoms with Crippen LogP contribution in [-0.4, -0.2) is 41.7 Å². The van der Waals surface area contributed by atoms with Crippen LogP contribution >= 0.6 is 0 Å². The highest BCUT2D eigenvalue weighted by atomic mass is 16.5. The van der Waals surface area contributed by atoms with Crippen LogP contribution in [0.2, 0.25) is 0 Å². The molecule has 0 unspecified atom stereocenters. The lowest BCUT2D eigenvalue weighted by atomic mass is 10.1. The number of aromatic nitrogens is 3. The summed E-state index contributed by atoms with van der Waals surface area (Å²) in [7, 11) is 0. The zero-order valence-corrected chi connectivity index (χ0v) is 12.9. The van der Waals surface area contributed by atoms with Gasteiger partial charge in [-0.05, 0) is 37.1 Å². The molecule has 0 bridgehead atoms. The van der Waals surface area contributed by atoms with E-state index in [4.69, 9.17) is 15.0 Å². The first-order chi connectivity index (χ1) is 11.4.